The van der Waals surface area contributed by atoms with Crippen LogP contribution in [0.4, 0.5) is 4.39 Å². The summed E-state index contributed by atoms with van der Waals surface area (Å²) in [4.78, 5) is 12.3. The number of esters is 1. The van der Waals surface area contributed by atoms with Crippen molar-refractivity contribution in [3.63, 3.8) is 0 Å². The van der Waals surface area contributed by atoms with Crippen molar-refractivity contribution in [1.82, 2.24) is 0 Å². The molecule has 0 atom stereocenters. The van der Waals surface area contributed by atoms with E-state index in [1.807, 2.05) is 0 Å². The molecule has 2 aromatic rings. The second kappa shape index (κ2) is 12.2. The molecule has 0 spiro atoms. The van der Waals surface area contributed by atoms with Crippen LogP contribution in [0.3, 0.4) is 0 Å². The lowest BCUT2D eigenvalue weighted by molar-refractivity contribution is 0.0112. The average molecular weight is 440 g/mol. The SMILES string of the molecule is CCCCCOC1CCC(COc2ccc(C(=O)Oc3ccc(C#N)c(F)c3)cc2)CC1. The topological polar surface area (TPSA) is 68.6 Å². The molecule has 1 aliphatic rings. The molecule has 0 radical (unpaired) electrons. The van der Waals surface area contributed by atoms with Crippen molar-refractivity contribution in [2.24, 2.45) is 5.92 Å². The van der Waals surface area contributed by atoms with E-state index >= 15 is 0 Å². The maximum absolute atomic E-state index is 13.7. The smallest absolute Gasteiger partial charge is 0.343 e. The minimum absolute atomic E-state index is 0.0526. The average Bonchev–Trinajstić information content (AvgIpc) is 2.82. The molecule has 0 unspecified atom stereocenters. The van der Waals surface area contributed by atoms with Crippen molar-refractivity contribution < 1.29 is 23.4 Å². The summed E-state index contributed by atoms with van der Waals surface area (Å²) in [6.45, 7) is 3.72. The molecule has 1 aliphatic carbocycles. The second-order valence-corrected chi connectivity index (χ2v) is 8.20. The molecule has 6 heteroatoms. The highest BCUT2D eigenvalue weighted by Gasteiger charge is 2.22. The quantitative estimate of drug-likeness (QED) is 0.256. The van der Waals surface area contributed by atoms with Gasteiger partial charge in [-0.05, 0) is 74.4 Å². The van der Waals surface area contributed by atoms with Crippen molar-refractivity contribution in [1.29, 1.82) is 5.26 Å². The summed E-state index contributed by atoms with van der Waals surface area (Å²) in [6, 6.07) is 12.1. The van der Waals surface area contributed by atoms with E-state index in [0.717, 1.165) is 44.8 Å². The predicted octanol–water partition coefficient (Wildman–Crippen LogP) is 6.06. The van der Waals surface area contributed by atoms with Gasteiger partial charge in [-0.2, -0.15) is 5.26 Å². The van der Waals surface area contributed by atoms with Crippen LogP contribution in [0.25, 0.3) is 0 Å². The third kappa shape index (κ3) is 7.06. The minimum Gasteiger partial charge on any atom is -0.493 e. The molecular formula is C26H30FNO4. The summed E-state index contributed by atoms with van der Waals surface area (Å²) in [5.41, 5.74) is 0.238. The third-order valence-corrected chi connectivity index (χ3v) is 5.74. The number of hydrogen-bond acceptors (Lipinski definition) is 5. The molecular weight excluding hydrogens is 409 g/mol. The Labute approximate surface area is 189 Å². The van der Waals surface area contributed by atoms with Gasteiger partial charge < -0.3 is 14.2 Å². The monoisotopic (exact) mass is 439 g/mol. The van der Waals surface area contributed by atoms with Gasteiger partial charge in [0.15, 0.2) is 0 Å². The zero-order valence-corrected chi connectivity index (χ0v) is 18.5. The molecule has 0 aromatic heterocycles. The van der Waals surface area contributed by atoms with Crippen molar-refractivity contribution in [2.75, 3.05) is 13.2 Å². The Hall–Kier alpha value is -2.91. The molecule has 0 heterocycles. The van der Waals surface area contributed by atoms with E-state index in [0.29, 0.717) is 29.9 Å². The highest BCUT2D eigenvalue weighted by molar-refractivity contribution is 5.91. The van der Waals surface area contributed by atoms with E-state index in [2.05, 4.69) is 6.92 Å². The first-order valence-corrected chi connectivity index (χ1v) is 11.3. The second-order valence-electron chi connectivity index (χ2n) is 8.20. The van der Waals surface area contributed by atoms with Crippen LogP contribution in [-0.4, -0.2) is 25.3 Å². The fourth-order valence-corrected chi connectivity index (χ4v) is 3.78. The van der Waals surface area contributed by atoms with Gasteiger partial charge in [-0.15, -0.1) is 0 Å². The van der Waals surface area contributed by atoms with Gasteiger partial charge in [0.1, 0.15) is 23.4 Å². The third-order valence-electron chi connectivity index (χ3n) is 5.74. The number of carbonyl (C=O) groups is 1. The van der Waals surface area contributed by atoms with Crippen molar-refractivity contribution in [3.05, 3.63) is 59.4 Å². The van der Waals surface area contributed by atoms with E-state index < -0.39 is 11.8 Å². The molecule has 5 nitrogen and oxygen atoms in total. The molecule has 0 saturated heterocycles. The maximum atomic E-state index is 13.7. The van der Waals surface area contributed by atoms with E-state index in [1.165, 1.54) is 25.0 Å². The molecule has 0 aliphatic heterocycles. The minimum atomic E-state index is -0.723. The molecule has 1 fully saturated rings. The summed E-state index contributed by atoms with van der Waals surface area (Å²) in [7, 11) is 0. The molecule has 0 N–H and O–H groups in total. The van der Waals surface area contributed by atoms with Crippen LogP contribution in [0, 0.1) is 23.1 Å². The summed E-state index contributed by atoms with van der Waals surface area (Å²) in [6.07, 6.45) is 8.35. The number of rotatable bonds is 10. The molecule has 2 aromatic carbocycles. The zero-order valence-electron chi connectivity index (χ0n) is 18.5. The number of benzene rings is 2. The standard InChI is InChI=1S/C26H30FNO4/c1-2-3-4-15-30-22-10-5-19(6-11-22)18-31-23-12-7-20(8-13-23)26(29)32-24-14-9-21(17-28)25(27)16-24/h7-9,12-14,16,19,22H,2-6,10-11,15,18H2,1H3. The van der Waals surface area contributed by atoms with E-state index in [1.54, 1.807) is 30.3 Å². The number of unbranched alkanes of at least 4 members (excludes halogenated alkanes) is 2. The van der Waals surface area contributed by atoms with Crippen LogP contribution < -0.4 is 9.47 Å². The van der Waals surface area contributed by atoms with Gasteiger partial charge in [0.25, 0.3) is 0 Å². The fraction of sp³-hybridized carbons (Fsp3) is 0.462. The zero-order chi connectivity index (χ0) is 22.8. The largest absolute Gasteiger partial charge is 0.493 e. The first-order chi connectivity index (χ1) is 15.6. The Morgan fingerprint density at radius 2 is 1.78 bits per heavy atom. The number of nitriles is 1. The summed E-state index contributed by atoms with van der Waals surface area (Å²) in [5, 5.41) is 8.77. The number of ether oxygens (including phenoxy) is 3. The van der Waals surface area contributed by atoms with E-state index in [4.69, 9.17) is 19.5 Å². The fourth-order valence-electron chi connectivity index (χ4n) is 3.78. The highest BCUT2D eigenvalue weighted by Crippen LogP contribution is 2.27. The van der Waals surface area contributed by atoms with E-state index in [9.17, 15) is 9.18 Å². The van der Waals surface area contributed by atoms with Gasteiger partial charge >= 0.3 is 5.97 Å². The molecule has 3 rings (SSSR count). The number of nitrogens with zero attached hydrogens (tertiary/aromatic N) is 1. The van der Waals surface area contributed by atoms with Gasteiger partial charge in [0.05, 0.1) is 23.8 Å². The van der Waals surface area contributed by atoms with Gasteiger partial charge in [-0.3, -0.25) is 0 Å². The first kappa shape index (κ1) is 23.7. The van der Waals surface area contributed by atoms with Crippen molar-refractivity contribution >= 4 is 5.97 Å². The van der Waals surface area contributed by atoms with Crippen LogP contribution in [0.5, 0.6) is 11.5 Å². The van der Waals surface area contributed by atoms with Gasteiger partial charge in [0, 0.05) is 12.7 Å². The lowest BCUT2D eigenvalue weighted by Gasteiger charge is -2.28. The maximum Gasteiger partial charge on any atom is 0.343 e. The predicted molar refractivity (Wildman–Crippen MR) is 119 cm³/mol. The Morgan fingerprint density at radius 3 is 2.44 bits per heavy atom. The van der Waals surface area contributed by atoms with Gasteiger partial charge in [-0.1, -0.05) is 19.8 Å². The summed E-state index contributed by atoms with van der Waals surface area (Å²) >= 11 is 0. The Bertz CT molecular complexity index is 914. The lowest BCUT2D eigenvalue weighted by atomic mass is 9.88. The Morgan fingerprint density at radius 1 is 1.06 bits per heavy atom. The van der Waals surface area contributed by atoms with Crippen molar-refractivity contribution in [3.8, 4) is 17.6 Å². The van der Waals surface area contributed by atoms with E-state index in [-0.39, 0.29) is 11.3 Å². The van der Waals surface area contributed by atoms with Crippen LogP contribution >= 0.6 is 0 Å². The molecule has 32 heavy (non-hydrogen) atoms. The van der Waals surface area contributed by atoms with Crippen LogP contribution in [-0.2, 0) is 4.74 Å². The van der Waals surface area contributed by atoms with Crippen LogP contribution in [0.15, 0.2) is 42.5 Å². The van der Waals surface area contributed by atoms with Crippen LogP contribution in [0.2, 0.25) is 0 Å². The number of carbonyl (C=O) groups excluding carboxylic acids is 1. The number of halogens is 1. The summed E-state index contributed by atoms with van der Waals surface area (Å²) < 4.78 is 30.7. The highest BCUT2D eigenvalue weighted by atomic mass is 19.1. The van der Waals surface area contributed by atoms with Crippen LogP contribution in [0.1, 0.15) is 67.8 Å². The Balaban J connectivity index is 1.41. The molecule has 170 valence electrons. The molecule has 0 bridgehead atoms. The lowest BCUT2D eigenvalue weighted by Crippen LogP contribution is -2.25. The van der Waals surface area contributed by atoms with Gasteiger partial charge in [0.2, 0.25) is 0 Å². The van der Waals surface area contributed by atoms with Crippen molar-refractivity contribution in [2.45, 2.75) is 58.0 Å². The normalized spacial score (nSPS) is 18.0. The molecule has 1 saturated carbocycles. The first-order valence-electron chi connectivity index (χ1n) is 11.3. The Kier molecular flexibility index (Phi) is 9.06. The summed E-state index contributed by atoms with van der Waals surface area (Å²) in [5.74, 6) is -0.0568. The van der Waals surface area contributed by atoms with Gasteiger partial charge in [-0.25, -0.2) is 9.18 Å². The number of hydrogen-bond donors (Lipinski definition) is 0. The molecule has 0 amide bonds.